The fourth-order valence-corrected chi connectivity index (χ4v) is 2.52. The molecule has 0 aromatic rings. The molecule has 1 heterocycles. The van der Waals surface area contributed by atoms with Gasteiger partial charge in [0.1, 0.15) is 11.2 Å². The quantitative estimate of drug-likeness (QED) is 0.584. The van der Waals surface area contributed by atoms with Crippen LogP contribution in [0.2, 0.25) is 0 Å². The molecule has 112 valence electrons. The van der Waals surface area contributed by atoms with Gasteiger partial charge < -0.3 is 19.5 Å². The SMILES string of the molecule is C[C@@H](COC1(CI)CCOC1)NC(=O)OC(C)(C)C. The number of nitrogens with one attached hydrogen (secondary N) is 1. The first-order chi connectivity index (χ1) is 8.76. The molecule has 0 aliphatic carbocycles. The van der Waals surface area contributed by atoms with E-state index in [0.717, 1.165) is 17.5 Å². The van der Waals surface area contributed by atoms with Gasteiger partial charge in [0.05, 0.1) is 19.3 Å². The highest BCUT2D eigenvalue weighted by molar-refractivity contribution is 14.1. The lowest BCUT2D eigenvalue weighted by Gasteiger charge is -2.28. The number of rotatable bonds is 5. The summed E-state index contributed by atoms with van der Waals surface area (Å²) in [4.78, 5) is 11.6. The van der Waals surface area contributed by atoms with E-state index < -0.39 is 11.7 Å². The molecule has 1 saturated heterocycles. The maximum absolute atomic E-state index is 11.6. The van der Waals surface area contributed by atoms with Gasteiger partial charge in [0.15, 0.2) is 0 Å². The zero-order valence-electron chi connectivity index (χ0n) is 12.1. The van der Waals surface area contributed by atoms with Crippen LogP contribution >= 0.6 is 22.6 Å². The first-order valence-electron chi connectivity index (χ1n) is 6.53. The molecule has 0 aromatic heterocycles. The molecule has 1 aliphatic rings. The van der Waals surface area contributed by atoms with Crippen LogP contribution in [0, 0.1) is 0 Å². The van der Waals surface area contributed by atoms with Crippen molar-refractivity contribution in [1.82, 2.24) is 5.32 Å². The molecule has 0 spiro atoms. The second-order valence-electron chi connectivity index (χ2n) is 5.98. The minimum absolute atomic E-state index is 0.0877. The Labute approximate surface area is 128 Å². The first-order valence-corrected chi connectivity index (χ1v) is 8.06. The van der Waals surface area contributed by atoms with Crippen molar-refractivity contribution >= 4 is 28.7 Å². The third kappa shape index (κ3) is 6.27. The average Bonchev–Trinajstić information content (AvgIpc) is 2.73. The Morgan fingerprint density at radius 3 is 2.68 bits per heavy atom. The first kappa shape index (κ1) is 17.0. The van der Waals surface area contributed by atoms with E-state index in [1.807, 2.05) is 27.7 Å². The molecular formula is C13H24INO4. The van der Waals surface area contributed by atoms with Gasteiger partial charge in [0.2, 0.25) is 0 Å². The smallest absolute Gasteiger partial charge is 0.407 e. The molecule has 0 saturated carbocycles. The third-order valence-corrected chi connectivity index (χ3v) is 4.10. The Morgan fingerprint density at radius 1 is 1.53 bits per heavy atom. The van der Waals surface area contributed by atoms with Crippen LogP contribution in [0.25, 0.3) is 0 Å². The Hall–Kier alpha value is -0.0800. The molecule has 5 nitrogen and oxygen atoms in total. The van der Waals surface area contributed by atoms with Crippen molar-refractivity contribution in [1.29, 1.82) is 0 Å². The summed E-state index contributed by atoms with van der Waals surface area (Å²) in [7, 11) is 0. The fourth-order valence-electron chi connectivity index (χ4n) is 1.70. The van der Waals surface area contributed by atoms with E-state index in [0.29, 0.717) is 13.2 Å². The van der Waals surface area contributed by atoms with E-state index in [9.17, 15) is 4.79 Å². The monoisotopic (exact) mass is 385 g/mol. The largest absolute Gasteiger partial charge is 0.444 e. The van der Waals surface area contributed by atoms with E-state index in [1.165, 1.54) is 0 Å². The van der Waals surface area contributed by atoms with Crippen LogP contribution in [0.4, 0.5) is 4.79 Å². The van der Waals surface area contributed by atoms with Crippen LogP contribution in [0.5, 0.6) is 0 Å². The number of hydrogen-bond acceptors (Lipinski definition) is 4. The zero-order valence-corrected chi connectivity index (χ0v) is 14.3. The van der Waals surface area contributed by atoms with Gasteiger partial charge >= 0.3 is 6.09 Å². The molecule has 0 bridgehead atoms. The van der Waals surface area contributed by atoms with Crippen molar-refractivity contribution in [2.75, 3.05) is 24.2 Å². The lowest BCUT2D eigenvalue weighted by atomic mass is 10.1. The normalized spacial score (nSPS) is 25.1. The summed E-state index contributed by atoms with van der Waals surface area (Å²) >= 11 is 2.32. The van der Waals surface area contributed by atoms with Crippen LogP contribution in [0.1, 0.15) is 34.1 Å². The summed E-state index contributed by atoms with van der Waals surface area (Å²) in [5.74, 6) is 0. The lowest BCUT2D eigenvalue weighted by Crippen LogP contribution is -2.43. The number of halogens is 1. The van der Waals surface area contributed by atoms with Crippen molar-refractivity contribution in [3.8, 4) is 0 Å². The highest BCUT2D eigenvalue weighted by Crippen LogP contribution is 2.25. The lowest BCUT2D eigenvalue weighted by molar-refractivity contribution is -0.0385. The van der Waals surface area contributed by atoms with E-state index >= 15 is 0 Å². The predicted molar refractivity (Wildman–Crippen MR) is 81.8 cm³/mol. The molecule has 2 atom stereocenters. The molecule has 6 heteroatoms. The van der Waals surface area contributed by atoms with Gasteiger partial charge in [-0.1, -0.05) is 22.6 Å². The number of ether oxygens (including phenoxy) is 3. The molecule has 0 aromatic carbocycles. The summed E-state index contributed by atoms with van der Waals surface area (Å²) in [5.41, 5.74) is -0.669. The van der Waals surface area contributed by atoms with Gasteiger partial charge in [0.25, 0.3) is 0 Å². The predicted octanol–water partition coefficient (Wildman–Crippen LogP) is 2.51. The van der Waals surface area contributed by atoms with Crippen LogP contribution < -0.4 is 5.32 Å². The van der Waals surface area contributed by atoms with Gasteiger partial charge in [0, 0.05) is 17.5 Å². The molecule has 1 N–H and O–H groups in total. The number of alkyl carbamates (subject to hydrolysis) is 1. The van der Waals surface area contributed by atoms with Crippen molar-refractivity contribution in [3.05, 3.63) is 0 Å². The summed E-state index contributed by atoms with van der Waals surface area (Å²) in [6.45, 7) is 9.27. The van der Waals surface area contributed by atoms with Crippen LogP contribution in [-0.2, 0) is 14.2 Å². The Kier molecular flexibility index (Phi) is 6.32. The molecular weight excluding hydrogens is 361 g/mol. The number of hydrogen-bond donors (Lipinski definition) is 1. The molecule has 1 unspecified atom stereocenters. The van der Waals surface area contributed by atoms with E-state index in [-0.39, 0.29) is 11.6 Å². The molecule has 1 amide bonds. The topological polar surface area (TPSA) is 56.8 Å². The molecule has 19 heavy (non-hydrogen) atoms. The number of carbonyl (C=O) groups excluding carboxylic acids is 1. The third-order valence-electron chi connectivity index (χ3n) is 2.71. The summed E-state index contributed by atoms with van der Waals surface area (Å²) in [6, 6.07) is -0.0877. The van der Waals surface area contributed by atoms with Crippen molar-refractivity contribution < 1.29 is 19.0 Å². The van der Waals surface area contributed by atoms with E-state index in [1.54, 1.807) is 0 Å². The highest BCUT2D eigenvalue weighted by atomic mass is 127. The van der Waals surface area contributed by atoms with Crippen molar-refractivity contribution in [2.24, 2.45) is 0 Å². The van der Waals surface area contributed by atoms with Crippen molar-refractivity contribution in [2.45, 2.75) is 51.4 Å². The second-order valence-corrected chi connectivity index (χ2v) is 6.74. The van der Waals surface area contributed by atoms with Gasteiger partial charge in [-0.25, -0.2) is 4.79 Å². The summed E-state index contributed by atoms with van der Waals surface area (Å²) < 4.78 is 17.4. The molecule has 0 radical (unpaired) electrons. The minimum atomic E-state index is -0.479. The average molecular weight is 385 g/mol. The maximum Gasteiger partial charge on any atom is 0.407 e. The fraction of sp³-hybridized carbons (Fsp3) is 0.923. The summed E-state index contributed by atoms with van der Waals surface area (Å²) in [6.07, 6.45) is 0.504. The Morgan fingerprint density at radius 2 is 2.21 bits per heavy atom. The van der Waals surface area contributed by atoms with Gasteiger partial charge in [-0.3, -0.25) is 0 Å². The highest BCUT2D eigenvalue weighted by Gasteiger charge is 2.35. The minimum Gasteiger partial charge on any atom is -0.444 e. The van der Waals surface area contributed by atoms with E-state index in [2.05, 4.69) is 27.9 Å². The van der Waals surface area contributed by atoms with Gasteiger partial charge in [-0.05, 0) is 27.7 Å². The van der Waals surface area contributed by atoms with Crippen molar-refractivity contribution in [3.63, 3.8) is 0 Å². The molecule has 1 aliphatic heterocycles. The standard InChI is InChI=1S/C13H24INO4/c1-10(15-11(16)19-12(2,3)4)7-18-13(8-14)5-6-17-9-13/h10H,5-9H2,1-4H3,(H,15,16)/t10-,13?/m0/s1. The van der Waals surface area contributed by atoms with E-state index in [4.69, 9.17) is 14.2 Å². The summed E-state index contributed by atoms with van der Waals surface area (Å²) in [5, 5.41) is 2.77. The van der Waals surface area contributed by atoms with Gasteiger partial charge in [-0.15, -0.1) is 0 Å². The molecule has 1 fully saturated rings. The number of carbonyl (C=O) groups is 1. The number of alkyl halides is 1. The zero-order chi connectivity index (χ0) is 14.5. The second kappa shape index (κ2) is 7.08. The van der Waals surface area contributed by atoms with Crippen LogP contribution in [0.15, 0.2) is 0 Å². The Bertz CT molecular complexity index is 298. The Balaban J connectivity index is 2.31. The van der Waals surface area contributed by atoms with Gasteiger partial charge in [-0.2, -0.15) is 0 Å². The molecule has 1 rings (SSSR count). The number of amides is 1. The van der Waals surface area contributed by atoms with Crippen LogP contribution in [-0.4, -0.2) is 47.6 Å². The maximum atomic E-state index is 11.6. The van der Waals surface area contributed by atoms with Crippen LogP contribution in [0.3, 0.4) is 0 Å².